The number of carbonyl (C=O) groups excluding carboxylic acids is 1. The summed E-state index contributed by atoms with van der Waals surface area (Å²) >= 11 is 0. The lowest BCUT2D eigenvalue weighted by Crippen LogP contribution is -2.34. The van der Waals surface area contributed by atoms with Crippen LogP contribution in [0.4, 0.5) is 0 Å². The molecule has 1 fully saturated rings. The van der Waals surface area contributed by atoms with Crippen molar-refractivity contribution in [2.24, 2.45) is 0 Å². The van der Waals surface area contributed by atoms with E-state index in [1.54, 1.807) is 0 Å². The maximum Gasteiger partial charge on any atom is 0.252 e. The van der Waals surface area contributed by atoms with Crippen LogP contribution in [0.3, 0.4) is 0 Å². The Morgan fingerprint density at radius 2 is 1.96 bits per heavy atom. The number of hydrogen-bond donors (Lipinski definition) is 2. The monoisotopic (exact) mass is 375 g/mol. The molecule has 1 aliphatic rings. The number of fused-ring (bicyclic) bond motifs is 1. The van der Waals surface area contributed by atoms with Crippen molar-refractivity contribution in [3.8, 4) is 0 Å². The molecule has 4 rings (SSSR count). The fourth-order valence-electron chi connectivity index (χ4n) is 4.15. The van der Waals surface area contributed by atoms with Gasteiger partial charge in [0.15, 0.2) is 0 Å². The van der Waals surface area contributed by atoms with Crippen molar-refractivity contribution < 1.29 is 4.79 Å². The van der Waals surface area contributed by atoms with Crippen LogP contribution < -0.4 is 10.9 Å². The summed E-state index contributed by atoms with van der Waals surface area (Å²) in [6.07, 6.45) is 1.15. The molecule has 28 heavy (non-hydrogen) atoms. The third kappa shape index (κ3) is 3.85. The molecule has 3 aromatic rings. The van der Waals surface area contributed by atoms with Gasteiger partial charge in [-0.2, -0.15) is 0 Å². The molecule has 5 heteroatoms. The first kappa shape index (κ1) is 18.4. The third-order valence-electron chi connectivity index (χ3n) is 5.61. The second kappa shape index (κ2) is 7.98. The molecule has 2 N–H and O–H groups in total. The van der Waals surface area contributed by atoms with E-state index in [1.807, 2.05) is 24.3 Å². The smallest absolute Gasteiger partial charge is 0.252 e. The van der Waals surface area contributed by atoms with Gasteiger partial charge in [-0.25, -0.2) is 0 Å². The van der Waals surface area contributed by atoms with E-state index in [1.165, 1.54) is 17.2 Å². The molecular weight excluding hydrogens is 350 g/mol. The molecule has 1 aliphatic heterocycles. The number of aromatic amines is 1. The topological polar surface area (TPSA) is 65.2 Å². The van der Waals surface area contributed by atoms with Crippen molar-refractivity contribution in [3.05, 3.63) is 81.6 Å². The van der Waals surface area contributed by atoms with E-state index in [0.29, 0.717) is 23.5 Å². The maximum absolute atomic E-state index is 12.6. The first-order valence-electron chi connectivity index (χ1n) is 9.80. The van der Waals surface area contributed by atoms with Crippen molar-refractivity contribution in [2.75, 3.05) is 26.2 Å². The predicted octanol–water partition coefficient (Wildman–Crippen LogP) is 3.06. The van der Waals surface area contributed by atoms with Crippen molar-refractivity contribution >= 4 is 16.8 Å². The van der Waals surface area contributed by atoms with Gasteiger partial charge in [-0.15, -0.1) is 0 Å². The minimum atomic E-state index is -0.260. The number of rotatable bonds is 5. The van der Waals surface area contributed by atoms with Crippen molar-refractivity contribution in [2.45, 2.75) is 19.3 Å². The number of carbonyl (C=O) groups is 1. The number of nitrogens with one attached hydrogen (secondary N) is 2. The zero-order valence-electron chi connectivity index (χ0n) is 16.1. The largest absolute Gasteiger partial charge is 0.351 e. The zero-order chi connectivity index (χ0) is 19.5. The second-order valence-electron chi connectivity index (χ2n) is 7.49. The highest BCUT2D eigenvalue weighted by Gasteiger charge is 2.24. The zero-order valence-corrected chi connectivity index (χ0v) is 16.1. The van der Waals surface area contributed by atoms with Gasteiger partial charge in [-0.05, 0) is 43.0 Å². The Morgan fingerprint density at radius 3 is 2.82 bits per heavy atom. The molecular formula is C23H25N3O2. The Kier molecular flexibility index (Phi) is 5.26. The molecule has 1 saturated heterocycles. The number of likely N-dealkylation sites (tertiary alicyclic amines) is 1. The average Bonchev–Trinajstić information content (AvgIpc) is 3.16. The molecule has 1 aromatic heterocycles. The van der Waals surface area contributed by atoms with E-state index in [-0.39, 0.29) is 11.5 Å². The minimum absolute atomic E-state index is 0.197. The van der Waals surface area contributed by atoms with Gasteiger partial charge in [-0.1, -0.05) is 42.5 Å². The molecule has 1 amide bonds. The van der Waals surface area contributed by atoms with E-state index in [9.17, 15) is 9.59 Å². The van der Waals surface area contributed by atoms with Gasteiger partial charge < -0.3 is 15.2 Å². The number of para-hydroxylation sites is 1. The van der Waals surface area contributed by atoms with Gasteiger partial charge in [0, 0.05) is 36.6 Å². The Bertz CT molecular complexity index is 1060. The lowest BCUT2D eigenvalue weighted by Gasteiger charge is -2.17. The summed E-state index contributed by atoms with van der Waals surface area (Å²) in [6.45, 7) is 5.62. The van der Waals surface area contributed by atoms with Gasteiger partial charge in [0.1, 0.15) is 0 Å². The van der Waals surface area contributed by atoms with E-state index >= 15 is 0 Å². The van der Waals surface area contributed by atoms with Crippen molar-refractivity contribution in [1.82, 2.24) is 15.2 Å². The number of aryl methyl sites for hydroxylation is 1. The molecule has 0 aliphatic carbocycles. The molecule has 0 unspecified atom stereocenters. The molecule has 144 valence electrons. The first-order valence-corrected chi connectivity index (χ1v) is 9.80. The van der Waals surface area contributed by atoms with Crippen LogP contribution in [0.2, 0.25) is 0 Å². The maximum atomic E-state index is 12.6. The lowest BCUT2D eigenvalue weighted by atomic mass is 9.94. The number of nitrogens with zero attached hydrogens (tertiary/aromatic N) is 1. The average molecular weight is 375 g/mol. The van der Waals surface area contributed by atoms with E-state index in [2.05, 4.69) is 46.4 Å². The molecule has 5 nitrogen and oxygen atoms in total. The van der Waals surface area contributed by atoms with Crippen LogP contribution in [0.1, 0.15) is 33.8 Å². The highest BCUT2D eigenvalue weighted by Crippen LogP contribution is 2.28. The lowest BCUT2D eigenvalue weighted by molar-refractivity contribution is 0.0951. The van der Waals surface area contributed by atoms with Crippen molar-refractivity contribution in [3.63, 3.8) is 0 Å². The Morgan fingerprint density at radius 1 is 1.18 bits per heavy atom. The molecule has 2 heterocycles. The second-order valence-corrected chi connectivity index (χ2v) is 7.49. The third-order valence-corrected chi connectivity index (χ3v) is 5.61. The van der Waals surface area contributed by atoms with Crippen LogP contribution in [0, 0.1) is 6.92 Å². The number of H-pyrrole nitrogens is 1. The minimum Gasteiger partial charge on any atom is -0.351 e. The van der Waals surface area contributed by atoms with E-state index < -0.39 is 0 Å². The number of amides is 1. The van der Waals surface area contributed by atoms with Crippen LogP contribution in [0.15, 0.2) is 59.4 Å². The number of aromatic nitrogens is 1. The quantitative estimate of drug-likeness (QED) is 0.720. The molecule has 0 bridgehead atoms. The summed E-state index contributed by atoms with van der Waals surface area (Å²) in [6, 6.07) is 17.3. The van der Waals surface area contributed by atoms with Crippen LogP contribution in [-0.4, -0.2) is 42.0 Å². The van der Waals surface area contributed by atoms with Gasteiger partial charge in [0.05, 0.1) is 5.56 Å². The Hall–Kier alpha value is -2.92. The normalized spacial score (nSPS) is 17.1. The number of hydrogen-bond acceptors (Lipinski definition) is 3. The van der Waals surface area contributed by atoms with Crippen LogP contribution in [0.5, 0.6) is 0 Å². The van der Waals surface area contributed by atoms with Crippen LogP contribution in [-0.2, 0) is 0 Å². The molecule has 2 aromatic carbocycles. The van der Waals surface area contributed by atoms with Crippen molar-refractivity contribution in [1.29, 1.82) is 0 Å². The van der Waals surface area contributed by atoms with Crippen LogP contribution >= 0.6 is 0 Å². The molecule has 0 radical (unpaired) electrons. The Labute approximate surface area is 164 Å². The number of pyridine rings is 1. The summed E-state index contributed by atoms with van der Waals surface area (Å²) in [7, 11) is 0. The Balaban J connectivity index is 1.36. The molecule has 0 saturated carbocycles. The van der Waals surface area contributed by atoms with E-state index in [0.717, 1.165) is 31.4 Å². The molecule has 1 atom stereocenters. The molecule has 0 spiro atoms. The van der Waals surface area contributed by atoms with E-state index in [4.69, 9.17) is 0 Å². The summed E-state index contributed by atoms with van der Waals surface area (Å²) in [5.41, 5.74) is 3.64. The van der Waals surface area contributed by atoms with Gasteiger partial charge in [0.2, 0.25) is 5.56 Å². The fraction of sp³-hybridized carbons (Fsp3) is 0.304. The van der Waals surface area contributed by atoms with Crippen LogP contribution in [0.25, 0.3) is 10.9 Å². The predicted molar refractivity (Wildman–Crippen MR) is 112 cm³/mol. The van der Waals surface area contributed by atoms with Gasteiger partial charge in [-0.3, -0.25) is 9.59 Å². The summed E-state index contributed by atoms with van der Waals surface area (Å²) < 4.78 is 0. The summed E-state index contributed by atoms with van der Waals surface area (Å²) in [5, 5.41) is 3.74. The summed E-state index contributed by atoms with van der Waals surface area (Å²) in [4.78, 5) is 29.6. The summed E-state index contributed by atoms with van der Waals surface area (Å²) in [5.74, 6) is 0.366. The highest BCUT2D eigenvalue weighted by atomic mass is 16.2. The fourth-order valence-corrected chi connectivity index (χ4v) is 4.15. The number of benzene rings is 2. The van der Waals surface area contributed by atoms with Gasteiger partial charge in [0.25, 0.3) is 5.91 Å². The standard InChI is InChI=1S/C23H25N3O2/c1-16-6-2-3-7-18(16)17-10-12-26(15-17)13-11-24-23(28)20-14-22(27)25-21-9-5-4-8-19(20)21/h2-9,14,17H,10-13,15H2,1H3,(H,24,28)(H,25,27)/t17-/m1/s1. The highest BCUT2D eigenvalue weighted by molar-refractivity contribution is 6.05. The van der Waals surface area contributed by atoms with Gasteiger partial charge >= 0.3 is 0 Å². The SMILES string of the molecule is Cc1ccccc1[C@@H]1CCN(CCNC(=O)c2cc(=O)[nH]c3ccccc23)C1. The first-order chi connectivity index (χ1) is 13.6.